The molecule has 0 saturated heterocycles. The molecule has 1 unspecified atom stereocenters. The summed E-state index contributed by atoms with van der Waals surface area (Å²) in [5.74, 6) is 0. The number of urea groups is 1. The van der Waals surface area contributed by atoms with Crippen molar-refractivity contribution in [2.24, 2.45) is 0 Å². The van der Waals surface area contributed by atoms with Crippen LogP contribution in [0.2, 0.25) is 0 Å². The Morgan fingerprint density at radius 3 is 2.48 bits per heavy atom. The van der Waals surface area contributed by atoms with Gasteiger partial charge in [-0.15, -0.1) is 0 Å². The number of nitrogens with zero attached hydrogens (tertiary/aromatic N) is 1. The number of halogens is 3. The Morgan fingerprint density at radius 2 is 2.05 bits per heavy atom. The Kier molecular flexibility index (Phi) is 5.54. The van der Waals surface area contributed by atoms with E-state index in [-0.39, 0.29) is 12.3 Å². The van der Waals surface area contributed by atoms with Gasteiger partial charge in [0.1, 0.15) is 5.69 Å². The molecule has 0 aliphatic heterocycles. The van der Waals surface area contributed by atoms with Gasteiger partial charge in [0.2, 0.25) is 0 Å². The van der Waals surface area contributed by atoms with Crippen LogP contribution in [0.15, 0.2) is 18.3 Å². The van der Waals surface area contributed by atoms with Gasteiger partial charge in [-0.2, -0.15) is 13.2 Å². The fraction of sp³-hybridized carbons (Fsp3) is 0.538. The lowest BCUT2D eigenvalue weighted by Crippen LogP contribution is -2.50. The normalized spacial score (nSPS) is 14.4. The van der Waals surface area contributed by atoms with E-state index in [1.807, 2.05) is 6.92 Å². The Morgan fingerprint density at radius 1 is 1.38 bits per heavy atom. The zero-order valence-corrected chi connectivity index (χ0v) is 11.8. The third kappa shape index (κ3) is 5.22. The van der Waals surface area contributed by atoms with Gasteiger partial charge in [-0.25, -0.2) is 9.78 Å². The summed E-state index contributed by atoms with van der Waals surface area (Å²) in [5.41, 5.74) is -1.67. The second-order valence-electron chi connectivity index (χ2n) is 4.98. The summed E-state index contributed by atoms with van der Waals surface area (Å²) in [5, 5.41) is 14.2. The predicted octanol–water partition coefficient (Wildman–Crippen LogP) is 2.77. The maximum Gasteiger partial charge on any atom is 0.433 e. The van der Waals surface area contributed by atoms with E-state index in [2.05, 4.69) is 15.6 Å². The fourth-order valence-electron chi connectivity index (χ4n) is 1.80. The van der Waals surface area contributed by atoms with Crippen LogP contribution in [0, 0.1) is 0 Å². The number of hydrogen-bond acceptors (Lipinski definition) is 3. The van der Waals surface area contributed by atoms with Gasteiger partial charge in [0, 0.05) is 0 Å². The zero-order chi connectivity index (χ0) is 16.1. The van der Waals surface area contributed by atoms with Crippen molar-refractivity contribution in [1.29, 1.82) is 0 Å². The second-order valence-corrected chi connectivity index (χ2v) is 4.98. The van der Waals surface area contributed by atoms with Gasteiger partial charge < -0.3 is 15.7 Å². The van der Waals surface area contributed by atoms with Crippen LogP contribution < -0.4 is 10.6 Å². The highest BCUT2D eigenvalue weighted by molar-refractivity contribution is 5.89. The predicted molar refractivity (Wildman–Crippen MR) is 71.8 cm³/mol. The molecule has 8 heteroatoms. The van der Waals surface area contributed by atoms with E-state index in [4.69, 9.17) is 0 Å². The number of nitrogens with one attached hydrogen (secondary N) is 2. The first-order valence-electron chi connectivity index (χ1n) is 6.43. The molecule has 21 heavy (non-hydrogen) atoms. The molecule has 1 rings (SSSR count). The maximum atomic E-state index is 12.3. The molecule has 1 atom stereocenters. The van der Waals surface area contributed by atoms with Gasteiger partial charge in [0.25, 0.3) is 0 Å². The molecular weight excluding hydrogens is 287 g/mol. The van der Waals surface area contributed by atoms with Crippen molar-refractivity contribution in [2.75, 3.05) is 11.9 Å². The topological polar surface area (TPSA) is 74.2 Å². The van der Waals surface area contributed by atoms with Crippen LogP contribution in [0.3, 0.4) is 0 Å². The van der Waals surface area contributed by atoms with Crippen molar-refractivity contribution in [2.45, 2.75) is 38.4 Å². The lowest BCUT2D eigenvalue weighted by Gasteiger charge is -2.28. The smallest absolute Gasteiger partial charge is 0.394 e. The first-order chi connectivity index (χ1) is 9.70. The molecule has 118 valence electrons. The van der Waals surface area contributed by atoms with E-state index in [9.17, 15) is 23.1 Å². The number of aliphatic hydroxyl groups excluding tert-OH is 1. The highest BCUT2D eigenvalue weighted by atomic mass is 19.4. The summed E-state index contributed by atoms with van der Waals surface area (Å²) in [6.45, 7) is 3.36. The number of alkyl halides is 3. The molecule has 0 saturated carbocycles. The van der Waals surface area contributed by atoms with E-state index < -0.39 is 23.4 Å². The van der Waals surface area contributed by atoms with E-state index in [1.54, 1.807) is 6.92 Å². The van der Waals surface area contributed by atoms with Crippen LogP contribution in [0.4, 0.5) is 23.7 Å². The van der Waals surface area contributed by atoms with Crippen molar-refractivity contribution in [3.05, 3.63) is 24.0 Å². The van der Waals surface area contributed by atoms with Gasteiger partial charge >= 0.3 is 12.2 Å². The lowest BCUT2D eigenvalue weighted by molar-refractivity contribution is -0.141. The first-order valence-corrected chi connectivity index (χ1v) is 6.43. The number of amides is 2. The lowest BCUT2D eigenvalue weighted by atomic mass is 9.98. The van der Waals surface area contributed by atoms with Gasteiger partial charge in [-0.3, -0.25) is 0 Å². The molecule has 1 aromatic heterocycles. The third-order valence-corrected chi connectivity index (χ3v) is 2.88. The second kappa shape index (κ2) is 6.75. The van der Waals surface area contributed by atoms with Crippen molar-refractivity contribution in [1.82, 2.24) is 10.3 Å². The van der Waals surface area contributed by atoms with Crippen molar-refractivity contribution in [3.63, 3.8) is 0 Å². The summed E-state index contributed by atoms with van der Waals surface area (Å²) in [6, 6.07) is 1.29. The Balaban J connectivity index is 2.67. The van der Waals surface area contributed by atoms with Crippen LogP contribution >= 0.6 is 0 Å². The SMILES string of the molecule is CCCC(C)(CO)NC(=O)Nc1ccc(C(F)(F)F)nc1. The standard InChI is InChI=1S/C13H18F3N3O2/c1-3-6-12(2,8-20)19-11(21)18-9-4-5-10(17-7-9)13(14,15)16/h4-5,7,20H,3,6,8H2,1-2H3,(H2,18,19,21). The maximum absolute atomic E-state index is 12.3. The number of hydrogen-bond donors (Lipinski definition) is 3. The van der Waals surface area contributed by atoms with Crippen LogP contribution in [0.25, 0.3) is 0 Å². The molecule has 1 aromatic rings. The summed E-state index contributed by atoms with van der Waals surface area (Å²) in [4.78, 5) is 15.0. The minimum atomic E-state index is -4.52. The largest absolute Gasteiger partial charge is 0.433 e. The molecule has 0 aromatic carbocycles. The number of rotatable bonds is 5. The summed E-state index contributed by atoms with van der Waals surface area (Å²) >= 11 is 0. The quantitative estimate of drug-likeness (QED) is 0.783. The highest BCUT2D eigenvalue weighted by Gasteiger charge is 2.32. The molecule has 0 aliphatic carbocycles. The van der Waals surface area contributed by atoms with Crippen molar-refractivity contribution >= 4 is 11.7 Å². The average Bonchev–Trinajstić information content (AvgIpc) is 2.38. The van der Waals surface area contributed by atoms with Gasteiger partial charge in [-0.1, -0.05) is 13.3 Å². The van der Waals surface area contributed by atoms with Crippen LogP contribution in [-0.2, 0) is 6.18 Å². The highest BCUT2D eigenvalue weighted by Crippen LogP contribution is 2.27. The third-order valence-electron chi connectivity index (χ3n) is 2.88. The Labute approximate surface area is 120 Å². The molecule has 0 aliphatic rings. The molecule has 0 radical (unpaired) electrons. The van der Waals surface area contributed by atoms with E-state index in [1.165, 1.54) is 0 Å². The fourth-order valence-corrected chi connectivity index (χ4v) is 1.80. The number of aliphatic hydroxyl groups is 1. The summed E-state index contributed by atoms with van der Waals surface area (Å²) < 4.78 is 37.0. The van der Waals surface area contributed by atoms with Gasteiger partial charge in [-0.05, 0) is 25.5 Å². The number of carbonyl (C=O) groups is 1. The Bertz CT molecular complexity index is 477. The number of anilines is 1. The molecule has 3 N–H and O–H groups in total. The van der Waals surface area contributed by atoms with Gasteiger partial charge in [0.05, 0.1) is 24.0 Å². The first kappa shape index (κ1) is 17.2. The van der Waals surface area contributed by atoms with Crippen LogP contribution in [0.5, 0.6) is 0 Å². The molecule has 0 spiro atoms. The molecule has 0 fully saturated rings. The Hall–Kier alpha value is -1.83. The van der Waals surface area contributed by atoms with Gasteiger partial charge in [0.15, 0.2) is 0 Å². The monoisotopic (exact) mass is 305 g/mol. The van der Waals surface area contributed by atoms with Crippen LogP contribution in [-0.4, -0.2) is 28.3 Å². The summed E-state index contributed by atoms with van der Waals surface area (Å²) in [7, 11) is 0. The molecule has 5 nitrogen and oxygen atoms in total. The number of carbonyl (C=O) groups excluding carboxylic acids is 1. The summed E-state index contributed by atoms with van der Waals surface area (Å²) in [6.07, 6.45) is -2.25. The van der Waals surface area contributed by atoms with Crippen molar-refractivity contribution < 1.29 is 23.1 Å². The minimum Gasteiger partial charge on any atom is -0.394 e. The van der Waals surface area contributed by atoms with E-state index >= 15 is 0 Å². The minimum absolute atomic E-state index is 0.136. The molecule has 0 bridgehead atoms. The van der Waals surface area contributed by atoms with E-state index in [0.29, 0.717) is 6.42 Å². The number of aromatic nitrogens is 1. The molecule has 2 amide bonds. The van der Waals surface area contributed by atoms with E-state index in [0.717, 1.165) is 24.8 Å². The molecule has 1 heterocycles. The van der Waals surface area contributed by atoms with Crippen molar-refractivity contribution in [3.8, 4) is 0 Å². The zero-order valence-electron chi connectivity index (χ0n) is 11.8. The number of pyridine rings is 1. The molecular formula is C13H18F3N3O2. The van der Waals surface area contributed by atoms with Crippen LogP contribution in [0.1, 0.15) is 32.4 Å². The average molecular weight is 305 g/mol.